The lowest BCUT2D eigenvalue weighted by Gasteiger charge is -2.22. The van der Waals surface area contributed by atoms with E-state index in [1.807, 2.05) is 59.0 Å². The summed E-state index contributed by atoms with van der Waals surface area (Å²) in [6.07, 6.45) is 1.90. The van der Waals surface area contributed by atoms with E-state index in [0.29, 0.717) is 11.4 Å². The van der Waals surface area contributed by atoms with Gasteiger partial charge in [0.15, 0.2) is 0 Å². The molecule has 0 amide bonds. The molecule has 2 heterocycles. The quantitative estimate of drug-likeness (QED) is 0.157. The Morgan fingerprint density at radius 3 is 1.76 bits per heavy atom. The molecular formula is C63H63N3O. The Kier molecular flexibility index (Phi) is 11.2. The van der Waals surface area contributed by atoms with Gasteiger partial charge >= 0.3 is 0 Å². The summed E-state index contributed by atoms with van der Waals surface area (Å²) in [5.74, 6) is -0.897. The van der Waals surface area contributed by atoms with E-state index in [-0.39, 0.29) is 16.6 Å². The van der Waals surface area contributed by atoms with E-state index in [1.165, 1.54) is 5.56 Å². The molecule has 2 aromatic heterocycles. The first-order chi connectivity index (χ1) is 32.5. The third kappa shape index (κ3) is 8.98. The van der Waals surface area contributed by atoms with Crippen molar-refractivity contribution in [3.8, 4) is 78.6 Å². The number of fused-ring (bicyclic) bond motifs is 1. The molecule has 0 fully saturated rings. The van der Waals surface area contributed by atoms with Gasteiger partial charge in [0.05, 0.1) is 28.0 Å². The highest BCUT2D eigenvalue weighted by atomic mass is 16.3. The smallest absolute Gasteiger partial charge is 0.149 e. The van der Waals surface area contributed by atoms with Gasteiger partial charge in [0.1, 0.15) is 11.6 Å². The van der Waals surface area contributed by atoms with Gasteiger partial charge in [0.25, 0.3) is 0 Å². The summed E-state index contributed by atoms with van der Waals surface area (Å²) in [4.78, 5) is 10.6. The van der Waals surface area contributed by atoms with E-state index in [9.17, 15) is 5.11 Å². The lowest BCUT2D eigenvalue weighted by molar-refractivity contribution is 0.471. The molecule has 1 N–H and O–H groups in total. The molecule has 0 spiro atoms. The van der Waals surface area contributed by atoms with Crippen LogP contribution < -0.4 is 0 Å². The van der Waals surface area contributed by atoms with Crippen LogP contribution in [0.1, 0.15) is 112 Å². The van der Waals surface area contributed by atoms with Crippen LogP contribution in [0.2, 0.25) is 0 Å². The second kappa shape index (κ2) is 17.6. The van der Waals surface area contributed by atoms with Crippen LogP contribution in [0, 0.1) is 6.92 Å². The Morgan fingerprint density at radius 1 is 0.507 bits per heavy atom. The van der Waals surface area contributed by atoms with E-state index >= 15 is 0 Å². The van der Waals surface area contributed by atoms with Crippen molar-refractivity contribution >= 4 is 11.0 Å². The van der Waals surface area contributed by atoms with Crippen molar-refractivity contribution in [1.29, 1.82) is 0 Å². The highest BCUT2D eigenvalue weighted by Gasteiger charge is 2.26. The molecule has 0 aliphatic rings. The largest absolute Gasteiger partial charge is 0.507 e. The second-order valence-electron chi connectivity index (χ2n) is 20.6. The number of nitrogens with zero attached hydrogens (tertiary/aromatic N) is 3. The zero-order chi connectivity index (χ0) is 49.2. The summed E-state index contributed by atoms with van der Waals surface area (Å²) in [5.41, 5.74) is 17.8. The van der Waals surface area contributed by atoms with Crippen molar-refractivity contribution in [2.24, 2.45) is 0 Å². The van der Waals surface area contributed by atoms with Crippen LogP contribution in [0.3, 0.4) is 0 Å². The lowest BCUT2D eigenvalue weighted by atomic mass is 9.83. The maximum absolute atomic E-state index is 12.2. The number of aryl methyl sites for hydroxylation is 1. The number of aromatic nitrogens is 3. The van der Waals surface area contributed by atoms with E-state index in [1.54, 1.807) is 0 Å². The summed E-state index contributed by atoms with van der Waals surface area (Å²) in [6.45, 7) is 22.9. The topological polar surface area (TPSA) is 50.9 Å². The molecule has 0 unspecified atom stereocenters. The van der Waals surface area contributed by atoms with Crippen LogP contribution in [-0.2, 0) is 10.8 Å². The highest BCUT2D eigenvalue weighted by molar-refractivity contribution is 5.98. The molecule has 7 aromatic carbocycles. The van der Waals surface area contributed by atoms with Gasteiger partial charge in [0.2, 0.25) is 0 Å². The molecule has 0 aliphatic heterocycles. The molecule has 0 aliphatic carbocycles. The van der Waals surface area contributed by atoms with E-state index in [2.05, 4.69) is 186 Å². The van der Waals surface area contributed by atoms with Crippen molar-refractivity contribution in [1.82, 2.24) is 14.5 Å². The Labute approximate surface area is 400 Å². The maximum atomic E-state index is 12.2. The SMILES string of the molecule is [2H]C(C)(C)c1cc(-c2ccc(-n3c(-c4cc(C(C)(C)C)cc(C)c4O)nc4c(-c5cc(-c6cc(-c7ccccc7)ccn6)cc(C(C)(C)C)c5)cccc43)c(-c3ccccc3)c2)cc(C([2H])(C)C)c1. The van der Waals surface area contributed by atoms with Gasteiger partial charge in [0, 0.05) is 25.6 Å². The number of phenolic OH excluding ortho intramolecular Hbond substituents is 1. The van der Waals surface area contributed by atoms with Crippen molar-refractivity contribution in [2.75, 3.05) is 0 Å². The van der Waals surface area contributed by atoms with Crippen LogP contribution in [0.5, 0.6) is 5.75 Å². The first kappa shape index (κ1) is 42.6. The second-order valence-corrected chi connectivity index (χ2v) is 20.6. The lowest BCUT2D eigenvalue weighted by Crippen LogP contribution is -2.12. The Morgan fingerprint density at radius 2 is 1.12 bits per heavy atom. The zero-order valence-electron chi connectivity index (χ0n) is 42.9. The van der Waals surface area contributed by atoms with Crippen molar-refractivity contribution in [3.63, 3.8) is 0 Å². The number of aromatic hydroxyl groups is 1. The first-order valence-electron chi connectivity index (χ1n) is 24.4. The fraction of sp³-hybridized carbons (Fsp3) is 0.238. The van der Waals surface area contributed by atoms with Gasteiger partial charge in [-0.25, -0.2) is 4.98 Å². The standard InChI is InChI=1S/C63H63N3O/c1-39(2)46-30-47(40(3)4)32-48(31-46)44-25-26-57(54(36-44)43-21-16-13-17-22-43)66-58-24-18-23-53(59(58)65-61(66)55-38-51(62(6,7)8)29-41(5)60(55)67)49-33-50(35-52(34-49)63(9,10)11)56-37-45(27-28-64-56)42-19-14-12-15-20-42/h12-40,67H,1-11H3/i39D,40D. The van der Waals surface area contributed by atoms with Gasteiger partial charge in [-0.3, -0.25) is 9.55 Å². The number of imidazole rings is 1. The number of benzene rings is 7. The summed E-state index contributed by atoms with van der Waals surface area (Å²) in [5, 5.41) is 12.2. The molecule has 9 aromatic rings. The summed E-state index contributed by atoms with van der Waals surface area (Å²) in [6, 6.07) is 55.3. The molecule has 0 bridgehead atoms. The normalized spacial score (nSPS) is 12.9. The Balaban J connectivity index is 1.34. The van der Waals surface area contributed by atoms with Gasteiger partial charge in [-0.15, -0.1) is 0 Å². The van der Waals surface area contributed by atoms with Crippen LogP contribution in [0.4, 0.5) is 0 Å². The van der Waals surface area contributed by atoms with Crippen LogP contribution in [0.15, 0.2) is 164 Å². The highest BCUT2D eigenvalue weighted by Crippen LogP contribution is 2.44. The van der Waals surface area contributed by atoms with Gasteiger partial charge in [-0.1, -0.05) is 178 Å². The fourth-order valence-corrected chi connectivity index (χ4v) is 9.03. The molecule has 0 atom stereocenters. The van der Waals surface area contributed by atoms with Crippen LogP contribution in [0.25, 0.3) is 83.9 Å². The zero-order valence-corrected chi connectivity index (χ0v) is 40.9. The molecule has 336 valence electrons. The van der Waals surface area contributed by atoms with Gasteiger partial charge in [-0.2, -0.15) is 0 Å². The van der Waals surface area contributed by atoms with Crippen LogP contribution >= 0.6 is 0 Å². The first-order valence-corrected chi connectivity index (χ1v) is 23.4. The summed E-state index contributed by atoms with van der Waals surface area (Å²) in [7, 11) is 0. The number of hydrogen-bond acceptors (Lipinski definition) is 3. The number of rotatable bonds is 9. The predicted molar refractivity (Wildman–Crippen MR) is 283 cm³/mol. The molecule has 67 heavy (non-hydrogen) atoms. The van der Waals surface area contributed by atoms with E-state index in [4.69, 9.17) is 12.7 Å². The number of hydrogen-bond donors (Lipinski definition) is 1. The molecule has 9 rings (SSSR count). The minimum Gasteiger partial charge on any atom is -0.507 e. The third-order valence-electron chi connectivity index (χ3n) is 13.1. The number of phenols is 1. The molecular weight excluding hydrogens is 815 g/mol. The maximum Gasteiger partial charge on any atom is 0.149 e. The van der Waals surface area contributed by atoms with Crippen molar-refractivity contribution < 1.29 is 7.85 Å². The molecule has 4 nitrogen and oxygen atoms in total. The monoisotopic (exact) mass is 880 g/mol. The number of para-hydroxylation sites is 1. The predicted octanol–water partition coefficient (Wildman–Crippen LogP) is 17.3. The average molecular weight is 880 g/mol. The minimum atomic E-state index is -0.863. The fourth-order valence-electron chi connectivity index (χ4n) is 9.03. The third-order valence-corrected chi connectivity index (χ3v) is 13.1. The van der Waals surface area contributed by atoms with Gasteiger partial charge < -0.3 is 5.11 Å². The average Bonchev–Trinajstić information content (AvgIpc) is 3.71. The van der Waals surface area contributed by atoms with Gasteiger partial charge in [-0.05, 0) is 139 Å². The molecule has 0 saturated heterocycles. The Bertz CT molecular complexity index is 3340. The van der Waals surface area contributed by atoms with Crippen LogP contribution in [-0.4, -0.2) is 19.6 Å². The summed E-state index contributed by atoms with van der Waals surface area (Å²) >= 11 is 0. The molecule has 0 saturated carbocycles. The Hall–Kier alpha value is -7.04. The molecule has 4 heteroatoms. The summed E-state index contributed by atoms with van der Waals surface area (Å²) < 4.78 is 20.3. The van der Waals surface area contributed by atoms with E-state index in [0.717, 1.165) is 94.7 Å². The molecule has 0 radical (unpaired) electrons. The van der Waals surface area contributed by atoms with Crippen molar-refractivity contribution in [3.05, 3.63) is 192 Å². The number of pyridine rings is 1. The minimum absolute atomic E-state index is 0.170. The van der Waals surface area contributed by atoms with Crippen molar-refractivity contribution in [2.45, 2.75) is 98.8 Å². The van der Waals surface area contributed by atoms with E-state index < -0.39 is 11.8 Å².